The summed E-state index contributed by atoms with van der Waals surface area (Å²) in [5.41, 5.74) is 7.71. The molecule has 1 N–H and O–H groups in total. The van der Waals surface area contributed by atoms with Crippen LogP contribution in [0.3, 0.4) is 0 Å². The number of halogens is 1. The molecule has 52 heavy (non-hydrogen) atoms. The van der Waals surface area contributed by atoms with Gasteiger partial charge in [-0.3, -0.25) is 9.88 Å². The Morgan fingerprint density at radius 3 is 2.44 bits per heavy atom. The molecule has 12 heteroatoms. The number of likely N-dealkylation sites (tertiary alicyclic amines) is 1. The number of ether oxygens (including phenoxy) is 3. The number of nitriles is 1. The fourth-order valence-electron chi connectivity index (χ4n) is 6.53. The molecule has 0 radical (unpaired) electrons. The first-order valence-electron chi connectivity index (χ1n) is 17.8. The summed E-state index contributed by atoms with van der Waals surface area (Å²) in [5, 5.41) is 24.2. The summed E-state index contributed by atoms with van der Waals surface area (Å²) in [6, 6.07) is 20.2. The van der Waals surface area contributed by atoms with Crippen molar-refractivity contribution in [2.24, 2.45) is 0 Å². The molecule has 3 aromatic carbocycles. The molecular weight excluding hydrogens is 676 g/mol. The zero-order chi connectivity index (χ0) is 36.3. The fraction of sp³-hybridized carbons (Fsp3) is 0.375. The lowest BCUT2D eigenvalue weighted by molar-refractivity contribution is 0.249. The van der Waals surface area contributed by atoms with E-state index in [1.165, 1.54) is 32.1 Å². The normalized spacial score (nSPS) is 13.0. The van der Waals surface area contributed by atoms with Crippen molar-refractivity contribution >= 4 is 11.6 Å². The first-order chi connectivity index (χ1) is 25.4. The Kier molecular flexibility index (Phi) is 12.7. The highest BCUT2D eigenvalue weighted by Crippen LogP contribution is 2.37. The van der Waals surface area contributed by atoms with Crippen molar-refractivity contribution in [2.75, 3.05) is 32.8 Å². The van der Waals surface area contributed by atoms with Gasteiger partial charge in [-0.2, -0.15) is 10.5 Å². The van der Waals surface area contributed by atoms with E-state index in [-0.39, 0.29) is 6.61 Å². The van der Waals surface area contributed by atoms with Crippen LogP contribution >= 0.6 is 11.6 Å². The summed E-state index contributed by atoms with van der Waals surface area (Å²) in [6.45, 7) is 12.8. The third-order valence-corrected chi connectivity index (χ3v) is 9.80. The van der Waals surface area contributed by atoms with Gasteiger partial charge in [0.2, 0.25) is 0 Å². The van der Waals surface area contributed by atoms with Crippen LogP contribution in [0.2, 0.25) is 5.02 Å². The van der Waals surface area contributed by atoms with Gasteiger partial charge in [-0.05, 0) is 98.8 Å². The molecule has 1 saturated heterocycles. The number of hydrogen-bond acceptors (Lipinski definition) is 10. The van der Waals surface area contributed by atoms with E-state index in [4.69, 9.17) is 25.8 Å². The predicted molar refractivity (Wildman–Crippen MR) is 200 cm³/mol. The van der Waals surface area contributed by atoms with Crippen molar-refractivity contribution < 1.29 is 14.2 Å². The van der Waals surface area contributed by atoms with Gasteiger partial charge in [0.15, 0.2) is 5.82 Å². The van der Waals surface area contributed by atoms with E-state index in [1.807, 2.05) is 12.1 Å². The Hall–Kier alpha value is -5.02. The molecule has 0 saturated carbocycles. The Bertz CT molecular complexity index is 1970. The summed E-state index contributed by atoms with van der Waals surface area (Å²) in [6.07, 6.45) is 6.86. The number of pyridine rings is 1. The van der Waals surface area contributed by atoms with Crippen molar-refractivity contribution in [3.63, 3.8) is 0 Å². The van der Waals surface area contributed by atoms with E-state index in [1.54, 1.807) is 12.3 Å². The maximum Gasteiger partial charge on any atom is 0.188 e. The van der Waals surface area contributed by atoms with Gasteiger partial charge in [0.25, 0.3) is 0 Å². The topological polar surface area (TPSA) is 125 Å². The third-order valence-electron chi connectivity index (χ3n) is 9.51. The zero-order valence-electron chi connectivity index (χ0n) is 30.1. The monoisotopic (exact) mass is 720 g/mol. The zero-order valence-corrected chi connectivity index (χ0v) is 30.8. The van der Waals surface area contributed by atoms with Crippen LogP contribution in [-0.4, -0.2) is 68.2 Å². The molecular formula is C40H45ClN8O3. The number of tetrazole rings is 1. The van der Waals surface area contributed by atoms with Crippen LogP contribution in [0.25, 0.3) is 11.1 Å². The van der Waals surface area contributed by atoms with E-state index in [9.17, 15) is 5.26 Å². The number of H-pyrrole nitrogens is 1. The quantitative estimate of drug-likeness (QED) is 0.0969. The average molecular weight is 721 g/mol. The molecule has 1 fully saturated rings. The molecule has 0 aliphatic carbocycles. The van der Waals surface area contributed by atoms with Crippen LogP contribution < -0.4 is 14.2 Å². The molecule has 1 aliphatic heterocycles. The van der Waals surface area contributed by atoms with E-state index in [0.29, 0.717) is 54.2 Å². The van der Waals surface area contributed by atoms with Crippen molar-refractivity contribution in [1.82, 2.24) is 35.4 Å². The highest BCUT2D eigenvalue weighted by molar-refractivity contribution is 6.32. The Labute approximate surface area is 310 Å². The molecule has 0 spiro atoms. The summed E-state index contributed by atoms with van der Waals surface area (Å²) >= 11 is 6.89. The van der Waals surface area contributed by atoms with Crippen LogP contribution in [0.4, 0.5) is 0 Å². The van der Waals surface area contributed by atoms with E-state index in [0.717, 1.165) is 64.2 Å². The molecule has 1 aliphatic rings. The van der Waals surface area contributed by atoms with Gasteiger partial charge in [-0.1, -0.05) is 54.1 Å². The number of nitrogens with zero attached hydrogens (tertiary/aromatic N) is 7. The second kappa shape index (κ2) is 18.0. The Morgan fingerprint density at radius 1 is 0.885 bits per heavy atom. The minimum Gasteiger partial charge on any atom is -0.493 e. The molecule has 0 unspecified atom stereocenters. The van der Waals surface area contributed by atoms with Crippen molar-refractivity contribution in [3.05, 3.63) is 111 Å². The minimum absolute atomic E-state index is 0.218. The first-order valence-corrected chi connectivity index (χ1v) is 18.2. The molecule has 5 aromatic rings. The summed E-state index contributed by atoms with van der Waals surface area (Å²) in [4.78, 5) is 8.86. The standard InChI is InChI=1S/C40H45ClN8O3/c1-4-48(25-40-44-46-47-45-40)24-33-19-36(41)39(20-38(33)51-26-31-18-30(21-42)22-43-23-31)52-27-32-10-7-11-34(28(32)2)35-12-8-13-37(29(35)3)50-17-9-16-49-14-5-6-15-49/h7-8,10-13,18-20,22-23H,4-6,9,14-17,24-27H2,1-3H3,(H,44,45,46,47). The number of rotatable bonds is 17. The first kappa shape index (κ1) is 36.8. The lowest BCUT2D eigenvalue weighted by atomic mass is 9.93. The number of hydrogen-bond donors (Lipinski definition) is 1. The van der Waals surface area contributed by atoms with Crippen LogP contribution in [0.5, 0.6) is 17.2 Å². The van der Waals surface area contributed by atoms with Gasteiger partial charge in [-0.15, -0.1) is 10.2 Å². The van der Waals surface area contributed by atoms with Crippen molar-refractivity contribution in [1.29, 1.82) is 5.26 Å². The van der Waals surface area contributed by atoms with Crippen LogP contribution in [-0.2, 0) is 26.3 Å². The van der Waals surface area contributed by atoms with E-state index in [2.05, 4.69) is 98.6 Å². The van der Waals surface area contributed by atoms with Gasteiger partial charge in [0, 0.05) is 42.7 Å². The van der Waals surface area contributed by atoms with Crippen LogP contribution in [0.15, 0.2) is 67.0 Å². The second-order valence-corrected chi connectivity index (χ2v) is 13.5. The molecule has 0 amide bonds. The van der Waals surface area contributed by atoms with E-state index < -0.39 is 0 Å². The largest absolute Gasteiger partial charge is 0.493 e. The number of benzene rings is 3. The van der Waals surface area contributed by atoms with Gasteiger partial charge in [-0.25, -0.2) is 0 Å². The lowest BCUT2D eigenvalue weighted by Crippen LogP contribution is -2.23. The lowest BCUT2D eigenvalue weighted by Gasteiger charge is -2.22. The maximum absolute atomic E-state index is 9.35. The van der Waals surface area contributed by atoms with Crippen molar-refractivity contribution in [2.45, 2.75) is 66.3 Å². The summed E-state index contributed by atoms with van der Waals surface area (Å²) in [5.74, 6) is 2.64. The predicted octanol–water partition coefficient (Wildman–Crippen LogP) is 7.45. The Morgan fingerprint density at radius 2 is 1.67 bits per heavy atom. The minimum atomic E-state index is 0.218. The van der Waals surface area contributed by atoms with Gasteiger partial charge in [0.1, 0.15) is 36.5 Å². The molecule has 11 nitrogen and oxygen atoms in total. The SMILES string of the molecule is CCN(Cc1nn[nH]n1)Cc1cc(Cl)c(OCc2cccc(-c3cccc(OCCCN4CCCC4)c3C)c2C)cc1OCc1cncc(C#N)c1. The highest BCUT2D eigenvalue weighted by Gasteiger charge is 2.18. The average Bonchev–Trinajstić information content (AvgIpc) is 3.89. The summed E-state index contributed by atoms with van der Waals surface area (Å²) < 4.78 is 19.0. The molecule has 3 heterocycles. The number of aromatic amines is 1. The molecule has 0 bridgehead atoms. The van der Waals surface area contributed by atoms with Gasteiger partial charge < -0.3 is 19.1 Å². The fourth-order valence-corrected chi connectivity index (χ4v) is 6.77. The van der Waals surface area contributed by atoms with Gasteiger partial charge >= 0.3 is 0 Å². The number of aromatic nitrogens is 5. The van der Waals surface area contributed by atoms with Crippen LogP contribution in [0.1, 0.15) is 65.4 Å². The maximum atomic E-state index is 9.35. The summed E-state index contributed by atoms with van der Waals surface area (Å²) in [7, 11) is 0. The third kappa shape index (κ3) is 9.44. The smallest absolute Gasteiger partial charge is 0.188 e. The van der Waals surface area contributed by atoms with Gasteiger partial charge in [0.05, 0.1) is 23.7 Å². The molecule has 0 atom stereocenters. The van der Waals surface area contributed by atoms with E-state index >= 15 is 0 Å². The van der Waals surface area contributed by atoms with Crippen molar-refractivity contribution in [3.8, 4) is 34.4 Å². The number of nitrogens with one attached hydrogen (secondary N) is 1. The Balaban J connectivity index is 1.18. The molecule has 6 rings (SSSR count). The highest BCUT2D eigenvalue weighted by atomic mass is 35.5. The molecule has 2 aromatic heterocycles. The molecule has 270 valence electrons. The second-order valence-electron chi connectivity index (χ2n) is 13.1. The van der Waals surface area contributed by atoms with Crippen LogP contribution in [0, 0.1) is 25.2 Å².